The van der Waals surface area contributed by atoms with E-state index in [0.717, 1.165) is 36.8 Å². The molecule has 4 aliphatic rings. The molecule has 4 bridgehead atoms. The molecule has 0 heterocycles. The van der Waals surface area contributed by atoms with Crippen LogP contribution in [0.2, 0.25) is 0 Å². The van der Waals surface area contributed by atoms with Gasteiger partial charge in [0.05, 0.1) is 16.5 Å². The lowest BCUT2D eigenvalue weighted by Gasteiger charge is -2.60. The largest absolute Gasteiger partial charge is 0.486 e. The maximum Gasteiger partial charge on any atom is 0.195 e. The minimum absolute atomic E-state index is 0.0216. The zero-order chi connectivity index (χ0) is 24.6. The van der Waals surface area contributed by atoms with Gasteiger partial charge in [-0.25, -0.2) is 0 Å². The summed E-state index contributed by atoms with van der Waals surface area (Å²) < 4.78 is 12.3. The molecule has 3 aromatic rings. The van der Waals surface area contributed by atoms with Gasteiger partial charge in [0.25, 0.3) is 0 Å². The van der Waals surface area contributed by atoms with E-state index in [-0.39, 0.29) is 35.5 Å². The summed E-state index contributed by atoms with van der Waals surface area (Å²) in [5.41, 5.74) is 0.352. The van der Waals surface area contributed by atoms with Crippen LogP contribution >= 0.6 is 0 Å². The Hall–Kier alpha value is -2.56. The Labute approximate surface area is 217 Å². The topological polar surface area (TPSA) is 35.5 Å². The Balaban J connectivity index is 1.07. The van der Waals surface area contributed by atoms with Crippen molar-refractivity contribution in [3.8, 4) is 5.75 Å². The van der Waals surface area contributed by atoms with Gasteiger partial charge in [0.15, 0.2) is 20.5 Å². The Bertz CT molecular complexity index is 1140. The SMILES string of the molecule is CC12CC3CC(C1)CC(OCC(=O)COc1ccc([S+](c4ccccc4)c4ccccc4)cc1)(C3)C2. The van der Waals surface area contributed by atoms with Crippen LogP contribution in [0, 0.1) is 17.3 Å². The molecule has 4 aliphatic carbocycles. The average molecular weight is 500 g/mol. The second-order valence-electron chi connectivity index (χ2n) is 11.5. The first kappa shape index (κ1) is 23.8. The first-order valence-electron chi connectivity index (χ1n) is 13.2. The van der Waals surface area contributed by atoms with E-state index in [2.05, 4.69) is 79.7 Å². The molecule has 0 saturated heterocycles. The van der Waals surface area contributed by atoms with Gasteiger partial charge in [-0.15, -0.1) is 0 Å². The zero-order valence-electron chi connectivity index (χ0n) is 21.0. The van der Waals surface area contributed by atoms with Crippen LogP contribution in [-0.4, -0.2) is 24.6 Å². The second kappa shape index (κ2) is 9.72. The fraction of sp³-hybridized carbons (Fsp3) is 0.406. The first-order chi connectivity index (χ1) is 17.5. The van der Waals surface area contributed by atoms with Crippen molar-refractivity contribution in [2.75, 3.05) is 13.2 Å². The van der Waals surface area contributed by atoms with Gasteiger partial charge in [0.2, 0.25) is 0 Å². The quantitative estimate of drug-likeness (QED) is 0.294. The van der Waals surface area contributed by atoms with Crippen molar-refractivity contribution in [2.45, 2.75) is 65.7 Å². The van der Waals surface area contributed by atoms with E-state index in [0.29, 0.717) is 5.41 Å². The van der Waals surface area contributed by atoms with Gasteiger partial charge in [0, 0.05) is 0 Å². The van der Waals surface area contributed by atoms with Crippen molar-refractivity contribution in [1.82, 2.24) is 0 Å². The summed E-state index contributed by atoms with van der Waals surface area (Å²) in [6.07, 6.45) is 7.45. The van der Waals surface area contributed by atoms with E-state index < -0.39 is 0 Å². The number of ketones is 1. The number of carbonyl (C=O) groups is 1. The van der Waals surface area contributed by atoms with Crippen molar-refractivity contribution in [3.63, 3.8) is 0 Å². The number of carbonyl (C=O) groups excluding carboxylic acids is 1. The van der Waals surface area contributed by atoms with Crippen LogP contribution in [-0.2, 0) is 20.4 Å². The van der Waals surface area contributed by atoms with E-state index >= 15 is 0 Å². The van der Waals surface area contributed by atoms with E-state index in [4.69, 9.17) is 9.47 Å². The van der Waals surface area contributed by atoms with Crippen LogP contribution < -0.4 is 4.74 Å². The normalized spacial score (nSPS) is 28.4. The summed E-state index contributed by atoms with van der Waals surface area (Å²) in [6, 6.07) is 29.4. The van der Waals surface area contributed by atoms with Crippen LogP contribution in [0.4, 0.5) is 0 Å². The highest BCUT2D eigenvalue weighted by atomic mass is 32.2. The van der Waals surface area contributed by atoms with Gasteiger partial charge in [-0.3, -0.25) is 4.79 Å². The predicted octanol–water partition coefficient (Wildman–Crippen LogP) is 7.11. The van der Waals surface area contributed by atoms with Gasteiger partial charge in [-0.05, 0) is 104 Å². The number of Topliss-reactive ketones (excluding diaryl/α,β-unsaturated/α-hetero) is 1. The molecule has 4 fully saturated rings. The van der Waals surface area contributed by atoms with Crippen molar-refractivity contribution < 1.29 is 14.3 Å². The van der Waals surface area contributed by atoms with Crippen LogP contribution in [0.1, 0.15) is 45.4 Å². The summed E-state index contributed by atoms with van der Waals surface area (Å²) in [6.45, 7) is 2.65. The maximum atomic E-state index is 12.7. The molecule has 36 heavy (non-hydrogen) atoms. The number of hydrogen-bond donors (Lipinski definition) is 0. The van der Waals surface area contributed by atoms with Crippen LogP contribution in [0.5, 0.6) is 5.75 Å². The van der Waals surface area contributed by atoms with Crippen molar-refractivity contribution in [2.24, 2.45) is 17.3 Å². The Morgan fingerprint density at radius 2 is 1.33 bits per heavy atom. The molecule has 0 aromatic heterocycles. The van der Waals surface area contributed by atoms with Gasteiger partial charge in [0.1, 0.15) is 19.0 Å². The molecule has 7 rings (SSSR count). The fourth-order valence-corrected chi connectivity index (χ4v) is 9.51. The van der Waals surface area contributed by atoms with Gasteiger partial charge < -0.3 is 9.47 Å². The van der Waals surface area contributed by atoms with E-state index in [1.807, 2.05) is 12.1 Å². The molecule has 186 valence electrons. The first-order valence-corrected chi connectivity index (χ1v) is 14.4. The number of ether oxygens (including phenoxy) is 2. The monoisotopic (exact) mass is 499 g/mol. The molecule has 2 unspecified atom stereocenters. The van der Waals surface area contributed by atoms with Crippen LogP contribution in [0.3, 0.4) is 0 Å². The van der Waals surface area contributed by atoms with E-state index in [9.17, 15) is 4.79 Å². The molecule has 3 nitrogen and oxygen atoms in total. The fourth-order valence-electron chi connectivity index (χ4n) is 7.43. The molecule has 4 saturated carbocycles. The highest BCUT2D eigenvalue weighted by Gasteiger charge is 2.56. The Morgan fingerprint density at radius 1 is 0.778 bits per heavy atom. The molecule has 0 spiro atoms. The lowest BCUT2D eigenvalue weighted by atomic mass is 9.48. The lowest BCUT2D eigenvalue weighted by Crippen LogP contribution is -2.56. The van der Waals surface area contributed by atoms with Gasteiger partial charge in [-0.1, -0.05) is 43.3 Å². The van der Waals surface area contributed by atoms with E-state index in [1.165, 1.54) is 33.9 Å². The van der Waals surface area contributed by atoms with Crippen LogP contribution in [0.15, 0.2) is 99.6 Å². The maximum absolute atomic E-state index is 12.7. The molecular weight excluding hydrogens is 464 g/mol. The average Bonchev–Trinajstić information content (AvgIpc) is 2.87. The number of rotatable bonds is 9. The molecule has 0 aliphatic heterocycles. The highest BCUT2D eigenvalue weighted by molar-refractivity contribution is 7.97. The Kier molecular flexibility index (Phi) is 6.43. The number of hydrogen-bond acceptors (Lipinski definition) is 3. The molecule has 2 atom stereocenters. The third kappa shape index (κ3) is 4.99. The summed E-state index contributed by atoms with van der Waals surface area (Å²) >= 11 is 0. The third-order valence-corrected chi connectivity index (χ3v) is 10.5. The highest BCUT2D eigenvalue weighted by Crippen LogP contribution is 2.62. The minimum atomic E-state index is -0.190. The second-order valence-corrected chi connectivity index (χ2v) is 13.5. The van der Waals surface area contributed by atoms with Crippen molar-refractivity contribution in [3.05, 3.63) is 84.9 Å². The molecule has 0 N–H and O–H groups in total. The predicted molar refractivity (Wildman–Crippen MR) is 143 cm³/mol. The standard InChI is InChI=1S/C32H35O3S/c1-31-17-24-16-25(18-31)20-32(19-24,23-31)35-22-26(33)21-34-27-12-14-30(15-13-27)36(28-8-4-2-5-9-28)29-10-6-3-7-11-29/h2-15,24-25H,16-23H2,1H3/q+1. The molecule has 0 radical (unpaired) electrons. The van der Waals surface area contributed by atoms with E-state index in [1.54, 1.807) is 0 Å². The van der Waals surface area contributed by atoms with Gasteiger partial charge >= 0.3 is 0 Å². The van der Waals surface area contributed by atoms with Crippen molar-refractivity contribution in [1.29, 1.82) is 0 Å². The molecular formula is C32H35O3S+. The zero-order valence-corrected chi connectivity index (χ0v) is 21.8. The lowest BCUT2D eigenvalue weighted by molar-refractivity contribution is -0.190. The third-order valence-electron chi connectivity index (χ3n) is 8.26. The molecule has 3 aromatic carbocycles. The smallest absolute Gasteiger partial charge is 0.195 e. The minimum Gasteiger partial charge on any atom is -0.486 e. The van der Waals surface area contributed by atoms with Crippen molar-refractivity contribution >= 4 is 16.7 Å². The Morgan fingerprint density at radius 3 is 1.89 bits per heavy atom. The summed E-state index contributed by atoms with van der Waals surface area (Å²) in [7, 11) is -0.190. The molecule has 4 heteroatoms. The number of benzene rings is 3. The molecule has 0 amide bonds. The summed E-state index contributed by atoms with van der Waals surface area (Å²) in [5.74, 6) is 2.32. The van der Waals surface area contributed by atoms with Gasteiger partial charge in [-0.2, -0.15) is 0 Å². The summed E-state index contributed by atoms with van der Waals surface area (Å²) in [5, 5.41) is 0. The van der Waals surface area contributed by atoms with Crippen LogP contribution in [0.25, 0.3) is 0 Å². The summed E-state index contributed by atoms with van der Waals surface area (Å²) in [4.78, 5) is 16.5.